The van der Waals surface area contributed by atoms with Crippen molar-refractivity contribution < 1.29 is 60.1 Å². The van der Waals surface area contributed by atoms with Gasteiger partial charge in [-0.2, -0.15) is 0 Å². The molecule has 1 aromatic heterocycles. The highest BCUT2D eigenvalue weighted by molar-refractivity contribution is 9.10. The molecule has 0 radical (unpaired) electrons. The van der Waals surface area contributed by atoms with Crippen LogP contribution in [-0.4, -0.2) is 33.1 Å². The van der Waals surface area contributed by atoms with Crippen molar-refractivity contribution in [2.24, 2.45) is 0 Å². The molecule has 0 spiro atoms. The number of carboxylic acids is 1. The van der Waals surface area contributed by atoms with E-state index in [4.69, 9.17) is 9.47 Å². The summed E-state index contributed by atoms with van der Waals surface area (Å²) in [6, 6.07) is 20.0. The van der Waals surface area contributed by atoms with E-state index < -0.39 is 65.2 Å². The van der Waals surface area contributed by atoms with Gasteiger partial charge in [-0.1, -0.05) is 31.9 Å². The zero-order valence-corrected chi connectivity index (χ0v) is 36.0. The molecule has 322 valence electrons. The fourth-order valence-corrected chi connectivity index (χ4v) is 6.77. The van der Waals surface area contributed by atoms with Crippen molar-refractivity contribution in [3.05, 3.63) is 163 Å². The van der Waals surface area contributed by atoms with Gasteiger partial charge in [0.2, 0.25) is 5.91 Å². The van der Waals surface area contributed by atoms with Gasteiger partial charge >= 0.3 is 5.97 Å². The van der Waals surface area contributed by atoms with Gasteiger partial charge < -0.3 is 29.3 Å². The molecule has 1 amide bonds. The Kier molecular flexibility index (Phi) is 15.6. The van der Waals surface area contributed by atoms with Crippen LogP contribution >= 0.6 is 31.9 Å². The summed E-state index contributed by atoms with van der Waals surface area (Å²) in [4.78, 5) is 46.7. The predicted octanol–water partition coefficient (Wildman–Crippen LogP) is 11.9. The summed E-state index contributed by atoms with van der Waals surface area (Å²) in [5, 5.41) is 12.2. The van der Waals surface area contributed by atoms with Crippen molar-refractivity contribution in [1.29, 1.82) is 0 Å². The molecule has 6 aromatic rings. The molecule has 0 aliphatic heterocycles. The second-order valence-electron chi connectivity index (χ2n) is 13.6. The van der Waals surface area contributed by atoms with Gasteiger partial charge in [0.05, 0.1) is 27.9 Å². The topological polar surface area (TPSA) is 124 Å². The number of anilines is 1. The molecule has 0 aliphatic rings. The van der Waals surface area contributed by atoms with Gasteiger partial charge in [-0.3, -0.25) is 9.59 Å². The van der Waals surface area contributed by atoms with Gasteiger partial charge in [0.25, 0.3) is 0 Å². The van der Waals surface area contributed by atoms with Crippen LogP contribution in [0.4, 0.5) is 32.0 Å². The number of ketones is 2. The first-order chi connectivity index (χ1) is 29.3. The summed E-state index contributed by atoms with van der Waals surface area (Å²) in [7, 11) is 0. The fraction of sp³-hybridized carbons (Fsp3) is 0.156. The highest BCUT2D eigenvalue weighted by Crippen LogP contribution is 2.37. The number of aryl methyl sites for hydroxylation is 1. The van der Waals surface area contributed by atoms with Crippen molar-refractivity contribution in [3.63, 3.8) is 0 Å². The molecule has 5 aromatic carbocycles. The minimum atomic E-state index is -1.17. The molecule has 6 rings (SSSR count). The summed E-state index contributed by atoms with van der Waals surface area (Å²) in [5.74, 6) is -7.90. The van der Waals surface area contributed by atoms with Gasteiger partial charge in [0.15, 0.2) is 5.78 Å². The fourth-order valence-electron chi connectivity index (χ4n) is 6.05. The number of benzene rings is 5. The highest BCUT2D eigenvalue weighted by atomic mass is 79.9. The van der Waals surface area contributed by atoms with Gasteiger partial charge in [0.1, 0.15) is 65.4 Å². The van der Waals surface area contributed by atoms with Crippen LogP contribution in [0.5, 0.6) is 11.5 Å². The average Bonchev–Trinajstić information content (AvgIpc) is 3.57. The number of carbonyl (C=O) groups excluding carboxylic acids is 3. The minimum absolute atomic E-state index is 0.00141. The van der Waals surface area contributed by atoms with E-state index in [0.29, 0.717) is 55.8 Å². The van der Waals surface area contributed by atoms with E-state index in [2.05, 4.69) is 37.2 Å². The average molecular weight is 989 g/mol. The largest absolute Gasteiger partial charge is 0.488 e. The first-order valence-corrected chi connectivity index (χ1v) is 19.9. The van der Waals surface area contributed by atoms with Crippen LogP contribution in [0.3, 0.4) is 0 Å². The van der Waals surface area contributed by atoms with E-state index in [9.17, 15) is 50.6 Å². The maximum absolute atomic E-state index is 14.2. The zero-order chi connectivity index (χ0) is 45.4. The monoisotopic (exact) mass is 986 g/mol. The molecule has 0 fully saturated rings. The smallest absolute Gasteiger partial charge is 0.335 e. The maximum Gasteiger partial charge on any atom is 0.335 e. The first kappa shape index (κ1) is 46.9. The Labute approximate surface area is 367 Å². The summed E-state index contributed by atoms with van der Waals surface area (Å²) < 4.78 is 96.2. The molecule has 0 unspecified atom stereocenters. The molecular formula is C45H34Br2F6N2O7. The summed E-state index contributed by atoms with van der Waals surface area (Å²) in [6.45, 7) is 3.51. The molecule has 2 N–H and O–H groups in total. The Morgan fingerprint density at radius 3 is 1.73 bits per heavy atom. The number of carboxylic acid groups (broad SMARTS) is 1. The highest BCUT2D eigenvalue weighted by Gasteiger charge is 2.20. The molecule has 62 heavy (non-hydrogen) atoms. The lowest BCUT2D eigenvalue weighted by atomic mass is 10.0. The summed E-state index contributed by atoms with van der Waals surface area (Å²) >= 11 is 6.66. The number of aromatic carboxylic acids is 1. The molecule has 0 atom stereocenters. The first-order valence-electron chi connectivity index (χ1n) is 18.3. The maximum atomic E-state index is 14.2. The number of hydrogen-bond acceptors (Lipinski definition) is 6. The molecular weight excluding hydrogens is 954 g/mol. The number of Topliss-reactive ketones (excluding diaryl/α,β-unsaturated/α-hetero) is 2. The van der Waals surface area contributed by atoms with E-state index in [-0.39, 0.29) is 52.9 Å². The number of amides is 1. The van der Waals surface area contributed by atoms with Crippen LogP contribution in [0.15, 0.2) is 99.9 Å². The molecule has 0 saturated carbocycles. The lowest BCUT2D eigenvalue weighted by molar-refractivity contribution is -0.117. The number of ether oxygens (including phenoxy) is 2. The minimum Gasteiger partial charge on any atom is -0.488 e. The number of nitrogens with zero attached hydrogens (tertiary/aromatic N) is 1. The van der Waals surface area contributed by atoms with Crippen molar-refractivity contribution in [3.8, 4) is 28.4 Å². The van der Waals surface area contributed by atoms with Crippen LogP contribution in [0, 0.1) is 41.8 Å². The van der Waals surface area contributed by atoms with Gasteiger partial charge in [-0.15, -0.1) is 0 Å². The van der Waals surface area contributed by atoms with Crippen molar-refractivity contribution in [1.82, 2.24) is 4.57 Å². The standard InChI is InChI=1S/C27H20BrF3N2O4.C18H14BrF3O3/c1-14-3-5-25(33(14)20-8-16(27(35)36)7-19(12-20)32-15(2)34)21-9-17(28)4-6-26(21)37-13-22-23(30)10-18(29)11-24(22)31;1-10(23)2-4-17(24)13-6-11(19)3-5-18(13)25-9-14-15(21)7-12(20)8-16(14)22/h3-12H,13H2,1-2H3,(H,32,34)(H,35,36);3,5-8H,2,4,9H2,1H3. The third-order valence-electron chi connectivity index (χ3n) is 8.94. The summed E-state index contributed by atoms with van der Waals surface area (Å²) in [5.41, 5.74) is 1.93. The molecule has 9 nitrogen and oxygen atoms in total. The number of hydrogen-bond donors (Lipinski definition) is 2. The van der Waals surface area contributed by atoms with Gasteiger partial charge in [-0.05, 0) is 80.6 Å². The zero-order valence-electron chi connectivity index (χ0n) is 32.9. The van der Waals surface area contributed by atoms with E-state index in [1.807, 2.05) is 13.0 Å². The number of carbonyl (C=O) groups is 4. The molecule has 1 heterocycles. The van der Waals surface area contributed by atoms with Gasteiger partial charge in [0, 0.05) is 75.6 Å². The molecule has 17 heteroatoms. The Hall–Kier alpha value is -6.20. The predicted molar refractivity (Wildman–Crippen MR) is 225 cm³/mol. The second-order valence-corrected chi connectivity index (χ2v) is 15.5. The van der Waals surface area contributed by atoms with Crippen LogP contribution in [0.25, 0.3) is 16.9 Å². The normalized spacial score (nSPS) is 10.8. The van der Waals surface area contributed by atoms with Crippen LogP contribution in [-0.2, 0) is 22.8 Å². The summed E-state index contributed by atoms with van der Waals surface area (Å²) in [6.07, 6.45) is 0.0907. The Morgan fingerprint density at radius 2 is 1.19 bits per heavy atom. The van der Waals surface area contributed by atoms with Gasteiger partial charge in [-0.25, -0.2) is 31.1 Å². The lowest BCUT2D eigenvalue weighted by Gasteiger charge is -2.18. The third kappa shape index (κ3) is 12.0. The Morgan fingerprint density at radius 1 is 0.661 bits per heavy atom. The molecule has 0 aliphatic carbocycles. The van der Waals surface area contributed by atoms with E-state index in [1.165, 1.54) is 38.1 Å². The quantitative estimate of drug-likeness (QED) is 0.0823. The molecule has 0 saturated heterocycles. The lowest BCUT2D eigenvalue weighted by Crippen LogP contribution is -2.09. The van der Waals surface area contributed by atoms with Crippen molar-refractivity contribution >= 4 is 61.0 Å². The van der Waals surface area contributed by atoms with E-state index in [0.717, 1.165) is 5.69 Å². The number of aromatic nitrogens is 1. The van der Waals surface area contributed by atoms with Crippen molar-refractivity contribution in [2.75, 3.05) is 5.32 Å². The van der Waals surface area contributed by atoms with Crippen LogP contribution in [0.2, 0.25) is 0 Å². The van der Waals surface area contributed by atoms with E-state index >= 15 is 0 Å². The SMILES string of the molecule is CC(=O)CCC(=O)c1cc(Br)ccc1OCc1c(F)cc(F)cc1F.CC(=O)Nc1cc(C(=O)O)cc(-n2c(C)ccc2-c2cc(Br)ccc2OCc2c(F)cc(F)cc2F)c1. The Balaban J connectivity index is 0.000000253. The second kappa shape index (κ2) is 20.6. The van der Waals surface area contributed by atoms with Crippen LogP contribution in [0.1, 0.15) is 64.2 Å². The number of rotatable bonds is 14. The van der Waals surface area contributed by atoms with Crippen LogP contribution < -0.4 is 14.8 Å². The van der Waals surface area contributed by atoms with E-state index in [1.54, 1.807) is 41.0 Å². The van der Waals surface area contributed by atoms with Crippen molar-refractivity contribution in [2.45, 2.75) is 46.8 Å². The Bertz CT molecular complexity index is 2660. The number of nitrogens with one attached hydrogen (secondary N) is 1. The molecule has 0 bridgehead atoms. The third-order valence-corrected chi connectivity index (χ3v) is 9.93. The number of halogens is 8.